The van der Waals surface area contributed by atoms with E-state index in [1.807, 2.05) is 37.3 Å². The number of carbonyl (C=O) groups excluding carboxylic acids is 1. The molecule has 0 unspecified atom stereocenters. The maximum absolute atomic E-state index is 12.2. The molecule has 0 fully saturated rings. The van der Waals surface area contributed by atoms with E-state index in [0.717, 1.165) is 0 Å². The monoisotopic (exact) mass is 352 g/mol. The molecule has 6 heteroatoms. The van der Waals surface area contributed by atoms with E-state index in [1.165, 1.54) is 0 Å². The van der Waals surface area contributed by atoms with E-state index in [2.05, 4.69) is 10.3 Å². The zero-order chi connectivity index (χ0) is 18.5. The Morgan fingerprint density at radius 2 is 1.85 bits per heavy atom. The van der Waals surface area contributed by atoms with Gasteiger partial charge in [0.1, 0.15) is 11.5 Å². The summed E-state index contributed by atoms with van der Waals surface area (Å²) in [7, 11) is 0. The zero-order valence-electron chi connectivity index (χ0n) is 14.7. The van der Waals surface area contributed by atoms with Crippen LogP contribution in [0.5, 0.6) is 23.1 Å². The van der Waals surface area contributed by atoms with Gasteiger partial charge >= 0.3 is 0 Å². The van der Waals surface area contributed by atoms with Gasteiger partial charge in [0.25, 0.3) is 5.91 Å². The van der Waals surface area contributed by atoms with Gasteiger partial charge in [-0.2, -0.15) is 0 Å². The molecular weight excluding hydrogens is 332 g/mol. The van der Waals surface area contributed by atoms with Crippen molar-refractivity contribution in [1.82, 2.24) is 10.3 Å². The average molecular weight is 352 g/mol. The summed E-state index contributed by atoms with van der Waals surface area (Å²) in [6.45, 7) is 4.44. The van der Waals surface area contributed by atoms with Gasteiger partial charge in [-0.3, -0.25) is 4.79 Å². The average Bonchev–Trinajstić information content (AvgIpc) is 2.65. The summed E-state index contributed by atoms with van der Waals surface area (Å²) < 4.78 is 11.4. The smallest absolute Gasteiger partial charge is 0.273 e. The fraction of sp³-hybridized carbons (Fsp3) is 0.200. The molecule has 2 aromatic carbocycles. The number of aromatic hydroxyl groups is 1. The highest BCUT2D eigenvalue weighted by Gasteiger charge is 2.20. The number of carbonyl (C=O) groups is 1. The molecule has 0 radical (unpaired) electrons. The van der Waals surface area contributed by atoms with Crippen molar-refractivity contribution in [1.29, 1.82) is 0 Å². The molecule has 0 spiro atoms. The van der Waals surface area contributed by atoms with Crippen molar-refractivity contribution in [2.75, 3.05) is 13.2 Å². The number of ether oxygens (including phenoxy) is 2. The summed E-state index contributed by atoms with van der Waals surface area (Å²) in [6, 6.07) is 14.5. The third-order valence-electron chi connectivity index (χ3n) is 3.73. The number of rotatable bonds is 6. The molecular formula is C20H20N2O4. The number of hydrogen-bond acceptors (Lipinski definition) is 5. The van der Waals surface area contributed by atoms with Crippen LogP contribution in [0.25, 0.3) is 10.8 Å². The first-order valence-electron chi connectivity index (χ1n) is 8.44. The molecule has 6 nitrogen and oxygen atoms in total. The van der Waals surface area contributed by atoms with Crippen molar-refractivity contribution < 1.29 is 19.4 Å². The number of hydrogen-bond donors (Lipinski definition) is 2. The first kappa shape index (κ1) is 17.5. The van der Waals surface area contributed by atoms with Gasteiger partial charge in [-0.15, -0.1) is 0 Å². The molecule has 3 aromatic rings. The highest BCUT2D eigenvalue weighted by Crippen LogP contribution is 2.36. The van der Waals surface area contributed by atoms with Crippen LogP contribution in [0.3, 0.4) is 0 Å². The highest BCUT2D eigenvalue weighted by molar-refractivity contribution is 6.03. The van der Waals surface area contributed by atoms with Crippen LogP contribution < -0.4 is 14.8 Å². The first-order valence-corrected chi connectivity index (χ1v) is 8.44. The minimum Gasteiger partial charge on any atom is -0.505 e. The summed E-state index contributed by atoms with van der Waals surface area (Å²) in [5.41, 5.74) is -0.0560. The standard InChI is InChI=1S/C20H20N2O4/c1-3-21-19(24)17-18(23)15-11-10-14(26-13-8-6-5-7-9-13)12-16(15)20(22-17)25-4-2/h5-12,23H,3-4H2,1-2H3,(H,21,24). The second kappa shape index (κ2) is 7.74. The van der Waals surface area contributed by atoms with Gasteiger partial charge in [0.2, 0.25) is 5.88 Å². The zero-order valence-corrected chi connectivity index (χ0v) is 14.7. The van der Waals surface area contributed by atoms with Crippen molar-refractivity contribution in [3.63, 3.8) is 0 Å². The van der Waals surface area contributed by atoms with Gasteiger partial charge in [-0.1, -0.05) is 18.2 Å². The van der Waals surface area contributed by atoms with E-state index < -0.39 is 5.91 Å². The lowest BCUT2D eigenvalue weighted by Gasteiger charge is -2.13. The Kier molecular flexibility index (Phi) is 5.22. The molecule has 1 aromatic heterocycles. The Morgan fingerprint density at radius 3 is 2.54 bits per heavy atom. The molecule has 3 rings (SSSR count). The van der Waals surface area contributed by atoms with Crippen molar-refractivity contribution >= 4 is 16.7 Å². The summed E-state index contributed by atoms with van der Waals surface area (Å²) >= 11 is 0. The van der Waals surface area contributed by atoms with E-state index >= 15 is 0 Å². The predicted octanol–water partition coefficient (Wildman–Crippen LogP) is 3.88. The number of para-hydroxylation sites is 1. The Morgan fingerprint density at radius 1 is 1.08 bits per heavy atom. The van der Waals surface area contributed by atoms with Gasteiger partial charge in [0.05, 0.1) is 12.0 Å². The molecule has 2 N–H and O–H groups in total. The van der Waals surface area contributed by atoms with Crippen LogP contribution in [0.1, 0.15) is 24.3 Å². The molecule has 1 amide bonds. The molecule has 0 aliphatic rings. The second-order valence-corrected chi connectivity index (χ2v) is 5.53. The maximum atomic E-state index is 12.2. The van der Waals surface area contributed by atoms with Crippen molar-refractivity contribution in [3.05, 3.63) is 54.2 Å². The minimum atomic E-state index is -0.447. The fourth-order valence-electron chi connectivity index (χ4n) is 2.59. The van der Waals surface area contributed by atoms with Crippen LogP contribution in [-0.2, 0) is 0 Å². The fourth-order valence-corrected chi connectivity index (χ4v) is 2.59. The number of nitrogens with one attached hydrogen (secondary N) is 1. The largest absolute Gasteiger partial charge is 0.505 e. The summed E-state index contributed by atoms with van der Waals surface area (Å²) in [5.74, 6) is 0.927. The van der Waals surface area contributed by atoms with Crippen molar-refractivity contribution in [2.45, 2.75) is 13.8 Å². The van der Waals surface area contributed by atoms with Crippen LogP contribution in [0.15, 0.2) is 48.5 Å². The van der Waals surface area contributed by atoms with Gasteiger partial charge in [-0.05, 0) is 44.2 Å². The van der Waals surface area contributed by atoms with Gasteiger partial charge in [0.15, 0.2) is 11.4 Å². The van der Waals surface area contributed by atoms with E-state index in [9.17, 15) is 9.90 Å². The second-order valence-electron chi connectivity index (χ2n) is 5.53. The van der Waals surface area contributed by atoms with Gasteiger partial charge in [-0.25, -0.2) is 4.98 Å². The number of benzene rings is 2. The molecule has 0 saturated heterocycles. The minimum absolute atomic E-state index is 0.0560. The molecule has 0 bridgehead atoms. The van der Waals surface area contributed by atoms with Crippen LogP contribution >= 0.6 is 0 Å². The van der Waals surface area contributed by atoms with Gasteiger partial charge < -0.3 is 19.9 Å². The quantitative estimate of drug-likeness (QED) is 0.704. The summed E-state index contributed by atoms with van der Waals surface area (Å²) in [6.07, 6.45) is 0. The normalized spacial score (nSPS) is 10.5. The molecule has 0 atom stereocenters. The molecule has 1 heterocycles. The number of nitrogens with zero attached hydrogens (tertiary/aromatic N) is 1. The van der Waals surface area contributed by atoms with Crippen LogP contribution in [0, 0.1) is 0 Å². The first-order chi connectivity index (χ1) is 12.6. The summed E-state index contributed by atoms with van der Waals surface area (Å²) in [5, 5.41) is 14.2. The SMILES string of the molecule is CCNC(=O)c1nc(OCC)c2cc(Oc3ccccc3)ccc2c1O. The Hall–Kier alpha value is -3.28. The van der Waals surface area contributed by atoms with Crippen molar-refractivity contribution in [3.8, 4) is 23.1 Å². The number of fused-ring (bicyclic) bond motifs is 1. The Balaban J connectivity index is 2.08. The third-order valence-corrected chi connectivity index (χ3v) is 3.73. The van der Waals surface area contributed by atoms with E-state index in [-0.39, 0.29) is 17.3 Å². The predicted molar refractivity (Wildman–Crippen MR) is 99.1 cm³/mol. The van der Waals surface area contributed by atoms with Crippen molar-refractivity contribution in [2.24, 2.45) is 0 Å². The van der Waals surface area contributed by atoms with Gasteiger partial charge in [0, 0.05) is 11.9 Å². The summed E-state index contributed by atoms with van der Waals surface area (Å²) in [4.78, 5) is 16.4. The Labute approximate surface area is 151 Å². The van der Waals surface area contributed by atoms with E-state index in [0.29, 0.717) is 35.4 Å². The van der Waals surface area contributed by atoms with E-state index in [1.54, 1.807) is 25.1 Å². The lowest BCUT2D eigenvalue weighted by molar-refractivity contribution is 0.0947. The third kappa shape index (κ3) is 3.54. The van der Waals surface area contributed by atoms with Crippen LogP contribution in [-0.4, -0.2) is 29.1 Å². The van der Waals surface area contributed by atoms with Crippen LogP contribution in [0.2, 0.25) is 0 Å². The Bertz CT molecular complexity index is 926. The molecule has 134 valence electrons. The number of pyridine rings is 1. The topological polar surface area (TPSA) is 80.7 Å². The lowest BCUT2D eigenvalue weighted by atomic mass is 10.1. The van der Waals surface area contributed by atoms with Crippen LogP contribution in [0.4, 0.5) is 0 Å². The molecule has 0 saturated carbocycles. The molecule has 0 aliphatic heterocycles. The molecule has 0 aliphatic carbocycles. The number of amides is 1. The highest BCUT2D eigenvalue weighted by atomic mass is 16.5. The lowest BCUT2D eigenvalue weighted by Crippen LogP contribution is -2.24. The maximum Gasteiger partial charge on any atom is 0.273 e. The van der Waals surface area contributed by atoms with E-state index in [4.69, 9.17) is 9.47 Å². The number of aromatic nitrogens is 1. The molecule has 26 heavy (non-hydrogen) atoms.